The number of hydrogen-bond acceptors (Lipinski definition) is 1. The van der Waals surface area contributed by atoms with E-state index in [0.717, 1.165) is 23.9 Å². The molecule has 0 saturated heterocycles. The topological polar surface area (TPSA) is 12.0 Å². The van der Waals surface area contributed by atoms with Gasteiger partial charge in [-0.3, -0.25) is 0 Å². The third-order valence-electron chi connectivity index (χ3n) is 4.57. The van der Waals surface area contributed by atoms with E-state index >= 15 is 0 Å². The summed E-state index contributed by atoms with van der Waals surface area (Å²) in [5.41, 5.74) is 0. The van der Waals surface area contributed by atoms with Crippen LogP contribution in [0.2, 0.25) is 0 Å². The number of rotatable bonds is 5. The lowest BCUT2D eigenvalue weighted by atomic mass is 9.81. The molecule has 0 amide bonds. The third-order valence-corrected chi connectivity index (χ3v) is 4.57. The maximum absolute atomic E-state index is 3.82. The van der Waals surface area contributed by atoms with Gasteiger partial charge in [-0.1, -0.05) is 32.1 Å². The molecule has 2 atom stereocenters. The number of nitrogens with one attached hydrogen (secondary N) is 1. The second kappa shape index (κ2) is 5.34. The first-order valence-corrected chi connectivity index (χ1v) is 7.01. The minimum absolute atomic E-state index is 0.742. The highest BCUT2D eigenvalue weighted by Gasteiger charge is 2.24. The van der Waals surface area contributed by atoms with Crippen molar-refractivity contribution in [2.45, 2.75) is 77.3 Å². The van der Waals surface area contributed by atoms with Crippen LogP contribution in [0, 0.1) is 11.8 Å². The predicted molar refractivity (Wildman–Crippen MR) is 66.0 cm³/mol. The number of hydrogen-bond donors (Lipinski definition) is 1. The minimum Gasteiger partial charge on any atom is -0.311 e. The van der Waals surface area contributed by atoms with Crippen LogP contribution in [0.25, 0.3) is 0 Å². The maximum Gasteiger partial charge on any atom is 0.00694 e. The maximum atomic E-state index is 3.82. The van der Waals surface area contributed by atoms with E-state index in [4.69, 9.17) is 0 Å². The van der Waals surface area contributed by atoms with Gasteiger partial charge in [0.2, 0.25) is 0 Å². The molecule has 0 spiro atoms. The first kappa shape index (κ1) is 11.4. The fraction of sp³-hybridized carbons (Fsp3) is 1.00. The van der Waals surface area contributed by atoms with Gasteiger partial charge in [-0.05, 0) is 44.9 Å². The van der Waals surface area contributed by atoms with E-state index in [1.807, 2.05) is 0 Å². The van der Waals surface area contributed by atoms with Crippen molar-refractivity contribution in [3.05, 3.63) is 0 Å². The van der Waals surface area contributed by atoms with Gasteiger partial charge in [-0.15, -0.1) is 0 Å². The summed E-state index contributed by atoms with van der Waals surface area (Å²) in [5, 5.41) is 3.82. The van der Waals surface area contributed by atoms with Crippen LogP contribution in [0.4, 0.5) is 0 Å². The zero-order valence-electron chi connectivity index (χ0n) is 10.5. The van der Waals surface area contributed by atoms with Gasteiger partial charge in [0.1, 0.15) is 0 Å². The zero-order valence-corrected chi connectivity index (χ0v) is 10.5. The Bertz CT molecular complexity index is 180. The second-order valence-electron chi connectivity index (χ2n) is 5.93. The highest BCUT2D eigenvalue weighted by Crippen LogP contribution is 2.31. The lowest BCUT2D eigenvalue weighted by Gasteiger charge is -2.31. The Morgan fingerprint density at radius 2 is 1.67 bits per heavy atom. The average molecular weight is 209 g/mol. The molecule has 2 fully saturated rings. The van der Waals surface area contributed by atoms with E-state index < -0.39 is 0 Å². The molecule has 0 aromatic rings. The standard InChI is InChI=1S/C14H27N/c1-11(10-13-6-5-7-13)15-12(2)14-8-3-4-9-14/h11-15H,3-10H2,1-2H3. The molecule has 0 bridgehead atoms. The van der Waals surface area contributed by atoms with Gasteiger partial charge in [-0.25, -0.2) is 0 Å². The van der Waals surface area contributed by atoms with Gasteiger partial charge in [0, 0.05) is 12.1 Å². The summed E-state index contributed by atoms with van der Waals surface area (Å²) in [6, 6.07) is 1.49. The van der Waals surface area contributed by atoms with Gasteiger partial charge >= 0.3 is 0 Å². The molecule has 2 saturated carbocycles. The molecule has 0 radical (unpaired) electrons. The second-order valence-corrected chi connectivity index (χ2v) is 5.93. The van der Waals surface area contributed by atoms with Crippen molar-refractivity contribution in [3.8, 4) is 0 Å². The van der Waals surface area contributed by atoms with Gasteiger partial charge in [0.15, 0.2) is 0 Å². The highest BCUT2D eigenvalue weighted by atomic mass is 14.9. The molecule has 2 unspecified atom stereocenters. The van der Waals surface area contributed by atoms with Crippen molar-refractivity contribution in [3.63, 3.8) is 0 Å². The normalized spacial score (nSPS) is 27.6. The Hall–Kier alpha value is -0.0400. The van der Waals surface area contributed by atoms with Crippen molar-refractivity contribution in [1.82, 2.24) is 5.32 Å². The Kier molecular flexibility index (Phi) is 4.07. The third kappa shape index (κ3) is 3.21. The molecule has 2 rings (SSSR count). The van der Waals surface area contributed by atoms with E-state index in [0.29, 0.717) is 0 Å². The zero-order chi connectivity index (χ0) is 10.7. The van der Waals surface area contributed by atoms with Crippen molar-refractivity contribution < 1.29 is 0 Å². The summed E-state index contributed by atoms with van der Waals surface area (Å²) < 4.78 is 0. The molecule has 15 heavy (non-hydrogen) atoms. The van der Waals surface area contributed by atoms with Gasteiger partial charge in [0.05, 0.1) is 0 Å². The molecular weight excluding hydrogens is 182 g/mol. The Labute approximate surface area is 95.0 Å². The minimum atomic E-state index is 0.742. The smallest absolute Gasteiger partial charge is 0.00694 e. The van der Waals surface area contributed by atoms with Crippen LogP contribution in [-0.4, -0.2) is 12.1 Å². The molecule has 1 nitrogen and oxygen atoms in total. The quantitative estimate of drug-likeness (QED) is 0.727. The molecule has 2 aliphatic rings. The van der Waals surface area contributed by atoms with E-state index in [9.17, 15) is 0 Å². The molecule has 1 heteroatoms. The van der Waals surface area contributed by atoms with Crippen LogP contribution in [-0.2, 0) is 0 Å². The first-order chi connectivity index (χ1) is 7.25. The van der Waals surface area contributed by atoms with E-state index in [2.05, 4.69) is 19.2 Å². The largest absolute Gasteiger partial charge is 0.311 e. The van der Waals surface area contributed by atoms with Gasteiger partial charge < -0.3 is 5.32 Å². The molecule has 0 aromatic carbocycles. The predicted octanol–water partition coefficient (Wildman–Crippen LogP) is 3.73. The van der Waals surface area contributed by atoms with Crippen LogP contribution in [0.15, 0.2) is 0 Å². The Morgan fingerprint density at radius 1 is 1.00 bits per heavy atom. The summed E-state index contributed by atoms with van der Waals surface area (Å²) in [6.45, 7) is 4.77. The SMILES string of the molecule is CC(CC1CCC1)NC(C)C1CCCC1. The molecule has 0 aliphatic heterocycles. The highest BCUT2D eigenvalue weighted by molar-refractivity contribution is 4.81. The molecule has 88 valence electrons. The van der Waals surface area contributed by atoms with Gasteiger partial charge in [-0.2, -0.15) is 0 Å². The van der Waals surface area contributed by atoms with E-state index in [1.54, 1.807) is 0 Å². The van der Waals surface area contributed by atoms with Crippen molar-refractivity contribution >= 4 is 0 Å². The van der Waals surface area contributed by atoms with Crippen LogP contribution in [0.3, 0.4) is 0 Å². The molecular formula is C14H27N. The van der Waals surface area contributed by atoms with Crippen LogP contribution in [0.5, 0.6) is 0 Å². The monoisotopic (exact) mass is 209 g/mol. The Morgan fingerprint density at radius 3 is 2.20 bits per heavy atom. The van der Waals surface area contributed by atoms with Crippen molar-refractivity contribution in [2.24, 2.45) is 11.8 Å². The lowest BCUT2D eigenvalue weighted by Crippen LogP contribution is -2.40. The summed E-state index contributed by atoms with van der Waals surface area (Å²) in [5.74, 6) is 2.01. The van der Waals surface area contributed by atoms with Crippen molar-refractivity contribution in [1.29, 1.82) is 0 Å². The van der Waals surface area contributed by atoms with Crippen LogP contribution >= 0.6 is 0 Å². The molecule has 1 N–H and O–H groups in total. The molecule has 2 aliphatic carbocycles. The van der Waals surface area contributed by atoms with E-state index in [1.165, 1.54) is 51.4 Å². The lowest BCUT2D eigenvalue weighted by molar-refractivity contribution is 0.246. The fourth-order valence-corrected chi connectivity index (χ4v) is 3.34. The molecule has 0 aromatic heterocycles. The first-order valence-electron chi connectivity index (χ1n) is 7.01. The average Bonchev–Trinajstić information content (AvgIpc) is 2.64. The molecule has 0 heterocycles. The van der Waals surface area contributed by atoms with Crippen LogP contribution in [0.1, 0.15) is 65.2 Å². The Balaban J connectivity index is 1.65. The summed E-state index contributed by atoms with van der Waals surface area (Å²) >= 11 is 0. The summed E-state index contributed by atoms with van der Waals surface area (Å²) in [7, 11) is 0. The summed E-state index contributed by atoms with van der Waals surface area (Å²) in [4.78, 5) is 0. The van der Waals surface area contributed by atoms with Crippen molar-refractivity contribution in [2.75, 3.05) is 0 Å². The summed E-state index contributed by atoms with van der Waals surface area (Å²) in [6.07, 6.45) is 11.7. The fourth-order valence-electron chi connectivity index (χ4n) is 3.34. The van der Waals surface area contributed by atoms with Crippen LogP contribution < -0.4 is 5.32 Å². The van der Waals surface area contributed by atoms with Gasteiger partial charge in [0.25, 0.3) is 0 Å². The van der Waals surface area contributed by atoms with E-state index in [-0.39, 0.29) is 0 Å².